The average Bonchev–Trinajstić information content (AvgIpc) is 2.88. The van der Waals surface area contributed by atoms with Gasteiger partial charge >= 0.3 is 0 Å². The van der Waals surface area contributed by atoms with E-state index >= 15 is 0 Å². The molecule has 2 aliphatic carbocycles. The average molecular weight is 451 g/mol. The lowest BCUT2D eigenvalue weighted by Crippen LogP contribution is -2.49. The Labute approximate surface area is 198 Å². The van der Waals surface area contributed by atoms with Gasteiger partial charge in [0.25, 0.3) is 0 Å². The summed E-state index contributed by atoms with van der Waals surface area (Å²) in [6, 6.07) is 10.6. The van der Waals surface area contributed by atoms with E-state index in [9.17, 15) is 5.11 Å². The van der Waals surface area contributed by atoms with Gasteiger partial charge < -0.3 is 19.5 Å². The number of nitrogens with zero attached hydrogens (tertiary/aromatic N) is 2. The summed E-state index contributed by atoms with van der Waals surface area (Å²) in [5.74, 6) is 1.94. The van der Waals surface area contributed by atoms with Crippen molar-refractivity contribution in [2.45, 2.75) is 57.5 Å². The fraction of sp³-hybridized carbons (Fsp3) is 0.571. The van der Waals surface area contributed by atoms with Crippen LogP contribution in [-0.2, 0) is 25.7 Å². The van der Waals surface area contributed by atoms with Gasteiger partial charge in [0.15, 0.2) is 0 Å². The highest BCUT2D eigenvalue weighted by atomic mass is 16.5. The van der Waals surface area contributed by atoms with Crippen molar-refractivity contribution < 1.29 is 14.6 Å². The van der Waals surface area contributed by atoms with Crippen molar-refractivity contribution in [2.24, 2.45) is 0 Å². The minimum atomic E-state index is -0.465. The third kappa shape index (κ3) is 5.15. The van der Waals surface area contributed by atoms with E-state index in [2.05, 4.69) is 28.0 Å². The maximum atomic E-state index is 10.8. The zero-order valence-electron chi connectivity index (χ0n) is 20.0. The second-order valence-electron chi connectivity index (χ2n) is 9.83. The Morgan fingerprint density at radius 3 is 2.24 bits per heavy atom. The highest BCUT2D eigenvalue weighted by Gasteiger charge is 2.24. The molecule has 0 amide bonds. The largest absolute Gasteiger partial charge is 0.497 e. The molecule has 1 heterocycles. The lowest BCUT2D eigenvalue weighted by Gasteiger charge is -2.37. The van der Waals surface area contributed by atoms with Crippen LogP contribution < -0.4 is 14.4 Å². The molecule has 0 unspecified atom stereocenters. The smallest absolute Gasteiger partial charge is 0.123 e. The van der Waals surface area contributed by atoms with Crippen molar-refractivity contribution in [3.8, 4) is 11.5 Å². The Hall–Kier alpha value is -2.24. The summed E-state index contributed by atoms with van der Waals surface area (Å²) < 4.78 is 11.6. The standard InChI is InChI=1S/C28H38N2O3/c1-32-24-12-10-22(11-13-24)30-16-14-29(15-17-30)19-23(31)20-33-28-18-21-6-2-3-7-25(21)26-8-4-5-9-27(26)28/h10-13,18,23,31H,2-9,14-17,19-20H2,1H3/t23-/m1/s1. The first kappa shape index (κ1) is 22.5. The molecule has 1 aliphatic heterocycles. The van der Waals surface area contributed by atoms with Crippen LogP contribution in [0.25, 0.3) is 0 Å². The van der Waals surface area contributed by atoms with E-state index < -0.39 is 6.10 Å². The molecule has 3 aliphatic rings. The molecule has 1 saturated heterocycles. The second-order valence-corrected chi connectivity index (χ2v) is 9.83. The first-order valence-corrected chi connectivity index (χ1v) is 12.8. The number of fused-ring (bicyclic) bond motifs is 3. The SMILES string of the molecule is COc1ccc(N2CCN(C[C@@H](O)COc3cc4c(c5c3CCCC5)CCCC4)CC2)cc1. The van der Waals surface area contributed by atoms with E-state index in [0.29, 0.717) is 13.2 Å². The predicted molar refractivity (Wildman–Crippen MR) is 133 cm³/mol. The van der Waals surface area contributed by atoms with Crippen molar-refractivity contribution >= 4 is 5.69 Å². The zero-order chi connectivity index (χ0) is 22.6. The van der Waals surface area contributed by atoms with Crippen molar-refractivity contribution in [1.29, 1.82) is 0 Å². The number of anilines is 1. The van der Waals surface area contributed by atoms with Crippen LogP contribution in [0.5, 0.6) is 11.5 Å². The molecular weight excluding hydrogens is 412 g/mol. The van der Waals surface area contributed by atoms with Crippen molar-refractivity contribution in [3.05, 3.63) is 52.6 Å². The van der Waals surface area contributed by atoms with Crippen LogP contribution >= 0.6 is 0 Å². The van der Waals surface area contributed by atoms with E-state index in [0.717, 1.165) is 44.1 Å². The van der Waals surface area contributed by atoms with Crippen molar-refractivity contribution in [2.75, 3.05) is 51.3 Å². The van der Waals surface area contributed by atoms with Crippen LogP contribution in [0.4, 0.5) is 5.69 Å². The van der Waals surface area contributed by atoms with Crippen LogP contribution in [0, 0.1) is 0 Å². The molecule has 2 aromatic carbocycles. The molecule has 0 bridgehead atoms. The summed E-state index contributed by atoms with van der Waals surface area (Å²) in [5, 5.41) is 10.8. The minimum Gasteiger partial charge on any atom is -0.497 e. The number of hydrogen-bond acceptors (Lipinski definition) is 5. The molecule has 1 fully saturated rings. The molecule has 1 N–H and O–H groups in total. The predicted octanol–water partition coefficient (Wildman–Crippen LogP) is 4.01. The Morgan fingerprint density at radius 1 is 0.848 bits per heavy atom. The van der Waals surface area contributed by atoms with E-state index in [1.54, 1.807) is 18.2 Å². The van der Waals surface area contributed by atoms with Gasteiger partial charge in [-0.15, -0.1) is 0 Å². The Balaban J connectivity index is 1.14. The number of hydrogen-bond donors (Lipinski definition) is 1. The molecule has 1 atom stereocenters. The maximum Gasteiger partial charge on any atom is 0.123 e. The molecule has 5 rings (SSSR count). The topological polar surface area (TPSA) is 45.2 Å². The number of ether oxygens (including phenoxy) is 2. The molecule has 178 valence electrons. The molecule has 5 heteroatoms. The minimum absolute atomic E-state index is 0.379. The van der Waals surface area contributed by atoms with E-state index in [1.807, 2.05) is 12.1 Å². The number of benzene rings is 2. The van der Waals surface area contributed by atoms with Gasteiger partial charge in [-0.1, -0.05) is 0 Å². The van der Waals surface area contributed by atoms with Gasteiger partial charge in [0.2, 0.25) is 0 Å². The molecule has 33 heavy (non-hydrogen) atoms. The number of aliphatic hydroxyl groups excluding tert-OH is 1. The van der Waals surface area contributed by atoms with Gasteiger partial charge in [-0.05, 0) is 104 Å². The maximum absolute atomic E-state index is 10.8. The van der Waals surface area contributed by atoms with Crippen LogP contribution in [0.2, 0.25) is 0 Å². The summed E-state index contributed by atoms with van der Waals surface area (Å²) in [7, 11) is 1.70. The fourth-order valence-electron chi connectivity index (χ4n) is 5.84. The first-order valence-electron chi connectivity index (χ1n) is 12.8. The van der Waals surface area contributed by atoms with Gasteiger partial charge in [0, 0.05) is 38.4 Å². The summed E-state index contributed by atoms with van der Waals surface area (Å²) in [5.41, 5.74) is 7.37. The van der Waals surface area contributed by atoms with Crippen molar-refractivity contribution in [3.63, 3.8) is 0 Å². The van der Waals surface area contributed by atoms with E-state index in [-0.39, 0.29) is 0 Å². The number of methoxy groups -OCH3 is 1. The van der Waals surface area contributed by atoms with Crippen LogP contribution in [0.15, 0.2) is 30.3 Å². The highest BCUT2D eigenvalue weighted by molar-refractivity contribution is 5.52. The van der Waals surface area contributed by atoms with Gasteiger partial charge in [-0.25, -0.2) is 0 Å². The molecule has 2 aromatic rings. The van der Waals surface area contributed by atoms with Gasteiger partial charge in [-0.3, -0.25) is 4.90 Å². The van der Waals surface area contributed by atoms with Gasteiger partial charge in [0.1, 0.15) is 24.2 Å². The molecular formula is C28H38N2O3. The number of aryl methyl sites for hydroxylation is 1. The number of rotatable bonds is 7. The Bertz CT molecular complexity index is 935. The van der Waals surface area contributed by atoms with Crippen LogP contribution in [-0.4, -0.2) is 62.6 Å². The molecule has 0 radical (unpaired) electrons. The molecule has 0 aromatic heterocycles. The molecule has 0 spiro atoms. The highest BCUT2D eigenvalue weighted by Crippen LogP contribution is 2.38. The molecule has 0 saturated carbocycles. The van der Waals surface area contributed by atoms with Crippen LogP contribution in [0.1, 0.15) is 47.9 Å². The quantitative estimate of drug-likeness (QED) is 0.691. The lowest BCUT2D eigenvalue weighted by atomic mass is 9.80. The monoisotopic (exact) mass is 450 g/mol. The Kier molecular flexibility index (Phi) is 7.07. The van der Waals surface area contributed by atoms with E-state index in [4.69, 9.17) is 9.47 Å². The zero-order valence-corrected chi connectivity index (χ0v) is 20.0. The number of aliphatic hydroxyl groups is 1. The fourth-order valence-corrected chi connectivity index (χ4v) is 5.84. The second kappa shape index (κ2) is 10.4. The number of β-amino-alcohol motifs (C(OH)–C–C–N with tert-alkyl or cyclic N) is 1. The summed E-state index contributed by atoms with van der Waals surface area (Å²) in [4.78, 5) is 4.76. The summed E-state index contributed by atoms with van der Waals surface area (Å²) in [6.45, 7) is 4.90. The first-order chi connectivity index (χ1) is 16.2. The van der Waals surface area contributed by atoms with Gasteiger partial charge in [0.05, 0.1) is 7.11 Å². The third-order valence-corrected chi connectivity index (χ3v) is 7.66. The van der Waals surface area contributed by atoms with Crippen molar-refractivity contribution in [1.82, 2.24) is 4.90 Å². The third-order valence-electron chi connectivity index (χ3n) is 7.66. The summed E-state index contributed by atoms with van der Waals surface area (Å²) in [6.07, 6.45) is 9.45. The number of piperazine rings is 1. The van der Waals surface area contributed by atoms with E-state index in [1.165, 1.54) is 61.8 Å². The lowest BCUT2D eigenvalue weighted by molar-refractivity contribution is 0.0658. The van der Waals surface area contributed by atoms with Crippen LogP contribution in [0.3, 0.4) is 0 Å². The summed E-state index contributed by atoms with van der Waals surface area (Å²) >= 11 is 0. The van der Waals surface area contributed by atoms with Gasteiger partial charge in [-0.2, -0.15) is 0 Å². The molecule has 5 nitrogen and oxygen atoms in total. The normalized spacial score (nSPS) is 19.5. The Morgan fingerprint density at radius 2 is 1.52 bits per heavy atom.